The standard InChI is InChI=1S/C15H12N2O/c1-15(2)6-5-13-8-11(3-4-14(13)18-15)7-12(9-16)10-17/h3-8H,1-2H3. The van der Waals surface area contributed by atoms with Crippen LogP contribution in [-0.2, 0) is 0 Å². The summed E-state index contributed by atoms with van der Waals surface area (Å²) in [6, 6.07) is 9.28. The zero-order valence-electron chi connectivity index (χ0n) is 10.3. The molecule has 0 fully saturated rings. The minimum Gasteiger partial charge on any atom is -0.483 e. The van der Waals surface area contributed by atoms with Crippen LogP contribution in [0.1, 0.15) is 25.0 Å². The number of hydrogen-bond donors (Lipinski definition) is 0. The molecule has 0 saturated heterocycles. The molecule has 0 spiro atoms. The third kappa shape index (κ3) is 2.42. The fraction of sp³-hybridized carbons (Fsp3) is 0.200. The molecule has 18 heavy (non-hydrogen) atoms. The summed E-state index contributed by atoms with van der Waals surface area (Å²) in [6.45, 7) is 3.98. The second kappa shape index (κ2) is 4.39. The van der Waals surface area contributed by atoms with E-state index < -0.39 is 0 Å². The van der Waals surface area contributed by atoms with Gasteiger partial charge in [0.25, 0.3) is 0 Å². The minimum absolute atomic E-state index is 0.0935. The highest BCUT2D eigenvalue weighted by Crippen LogP contribution is 2.31. The molecule has 0 aromatic heterocycles. The van der Waals surface area contributed by atoms with E-state index in [9.17, 15) is 0 Å². The Hall–Kier alpha value is -2.52. The van der Waals surface area contributed by atoms with Gasteiger partial charge >= 0.3 is 0 Å². The Bertz CT molecular complexity index is 609. The first-order chi connectivity index (χ1) is 8.54. The van der Waals surface area contributed by atoms with Crippen LogP contribution in [0.15, 0.2) is 29.8 Å². The third-order valence-corrected chi connectivity index (χ3v) is 2.62. The largest absolute Gasteiger partial charge is 0.483 e. The number of allylic oxidation sites excluding steroid dienone is 1. The van der Waals surface area contributed by atoms with Crippen LogP contribution >= 0.6 is 0 Å². The van der Waals surface area contributed by atoms with E-state index in [0.29, 0.717) is 0 Å². The summed E-state index contributed by atoms with van der Waals surface area (Å²) in [6.07, 6.45) is 5.54. The van der Waals surface area contributed by atoms with Gasteiger partial charge in [0.1, 0.15) is 29.1 Å². The number of benzene rings is 1. The van der Waals surface area contributed by atoms with Gasteiger partial charge in [-0.2, -0.15) is 10.5 Å². The molecule has 0 atom stereocenters. The van der Waals surface area contributed by atoms with E-state index in [1.54, 1.807) is 6.08 Å². The average molecular weight is 236 g/mol. The van der Waals surface area contributed by atoms with Crippen molar-refractivity contribution in [2.45, 2.75) is 19.4 Å². The van der Waals surface area contributed by atoms with Gasteiger partial charge in [-0.25, -0.2) is 0 Å². The summed E-state index contributed by atoms with van der Waals surface area (Å²) < 4.78 is 5.79. The summed E-state index contributed by atoms with van der Waals surface area (Å²) in [5, 5.41) is 17.4. The van der Waals surface area contributed by atoms with Crippen molar-refractivity contribution in [2.24, 2.45) is 0 Å². The van der Waals surface area contributed by atoms with Crippen LogP contribution in [0, 0.1) is 22.7 Å². The van der Waals surface area contributed by atoms with Gasteiger partial charge in [-0.05, 0) is 43.7 Å². The molecule has 0 bridgehead atoms. The maximum Gasteiger partial charge on any atom is 0.130 e. The molecule has 2 rings (SSSR count). The molecule has 0 aliphatic carbocycles. The number of rotatable bonds is 1. The van der Waals surface area contributed by atoms with Crippen molar-refractivity contribution < 1.29 is 4.74 Å². The quantitative estimate of drug-likeness (QED) is 0.703. The van der Waals surface area contributed by atoms with Gasteiger partial charge in [0.2, 0.25) is 0 Å². The summed E-state index contributed by atoms with van der Waals surface area (Å²) in [7, 11) is 0. The second-order valence-corrected chi connectivity index (χ2v) is 4.62. The van der Waals surface area contributed by atoms with Gasteiger partial charge < -0.3 is 4.74 Å². The van der Waals surface area contributed by atoms with Crippen molar-refractivity contribution >= 4 is 12.2 Å². The summed E-state index contributed by atoms with van der Waals surface area (Å²) >= 11 is 0. The Balaban J connectivity index is 2.40. The van der Waals surface area contributed by atoms with Gasteiger partial charge in [-0.3, -0.25) is 0 Å². The van der Waals surface area contributed by atoms with Crippen molar-refractivity contribution in [3.8, 4) is 17.9 Å². The lowest BCUT2D eigenvalue weighted by molar-refractivity contribution is 0.159. The van der Waals surface area contributed by atoms with Crippen LogP contribution in [0.4, 0.5) is 0 Å². The first kappa shape index (κ1) is 12.0. The highest BCUT2D eigenvalue weighted by molar-refractivity contribution is 5.68. The summed E-state index contributed by atoms with van der Waals surface area (Å²) in [5.41, 5.74) is 1.57. The molecule has 0 amide bonds. The Morgan fingerprint density at radius 3 is 2.67 bits per heavy atom. The first-order valence-electron chi connectivity index (χ1n) is 5.58. The normalized spacial score (nSPS) is 14.7. The number of ether oxygens (including phenoxy) is 1. The van der Waals surface area contributed by atoms with Crippen LogP contribution in [-0.4, -0.2) is 5.60 Å². The predicted octanol–water partition coefficient (Wildman–Crippen LogP) is 3.30. The fourth-order valence-electron chi connectivity index (χ4n) is 1.74. The Morgan fingerprint density at radius 2 is 2.00 bits per heavy atom. The molecule has 0 unspecified atom stereocenters. The third-order valence-electron chi connectivity index (χ3n) is 2.62. The monoisotopic (exact) mass is 236 g/mol. The first-order valence-corrected chi connectivity index (χ1v) is 5.58. The maximum atomic E-state index is 8.71. The SMILES string of the molecule is CC1(C)C=Cc2cc(C=C(C#N)C#N)ccc2O1. The highest BCUT2D eigenvalue weighted by atomic mass is 16.5. The van der Waals surface area contributed by atoms with E-state index in [2.05, 4.69) is 0 Å². The van der Waals surface area contributed by atoms with Crippen molar-refractivity contribution in [1.29, 1.82) is 10.5 Å². The molecule has 1 aromatic rings. The number of nitriles is 2. The molecule has 3 heteroatoms. The molecule has 1 aromatic carbocycles. The van der Waals surface area contributed by atoms with Crippen LogP contribution < -0.4 is 4.74 Å². The lowest BCUT2D eigenvalue weighted by Gasteiger charge is -2.27. The molecule has 1 aliphatic rings. The van der Waals surface area contributed by atoms with Gasteiger partial charge in [0.05, 0.1) is 0 Å². The van der Waals surface area contributed by atoms with Gasteiger partial charge in [-0.1, -0.05) is 12.1 Å². The predicted molar refractivity (Wildman–Crippen MR) is 69.4 cm³/mol. The second-order valence-electron chi connectivity index (χ2n) is 4.62. The van der Waals surface area contributed by atoms with E-state index in [0.717, 1.165) is 16.9 Å². The van der Waals surface area contributed by atoms with Gasteiger partial charge in [-0.15, -0.1) is 0 Å². The summed E-state index contributed by atoms with van der Waals surface area (Å²) in [4.78, 5) is 0. The van der Waals surface area contributed by atoms with E-state index in [1.807, 2.05) is 56.3 Å². The molecule has 1 aliphatic heterocycles. The smallest absolute Gasteiger partial charge is 0.130 e. The average Bonchev–Trinajstić information content (AvgIpc) is 2.35. The number of hydrogen-bond acceptors (Lipinski definition) is 3. The van der Waals surface area contributed by atoms with E-state index >= 15 is 0 Å². The summed E-state index contributed by atoms with van der Waals surface area (Å²) in [5.74, 6) is 0.815. The van der Waals surface area contributed by atoms with Crippen molar-refractivity contribution in [3.63, 3.8) is 0 Å². The molecular formula is C15H12N2O. The molecule has 0 N–H and O–H groups in total. The fourth-order valence-corrected chi connectivity index (χ4v) is 1.74. The molecule has 0 radical (unpaired) electrons. The van der Waals surface area contributed by atoms with Gasteiger partial charge in [0, 0.05) is 5.56 Å². The number of nitrogens with zero attached hydrogens (tertiary/aromatic N) is 2. The van der Waals surface area contributed by atoms with Crippen LogP contribution in [0.3, 0.4) is 0 Å². The van der Waals surface area contributed by atoms with Crippen LogP contribution in [0.2, 0.25) is 0 Å². The Kier molecular flexibility index (Phi) is 2.92. The van der Waals surface area contributed by atoms with Crippen molar-refractivity contribution in [1.82, 2.24) is 0 Å². The lowest BCUT2D eigenvalue weighted by atomic mass is 10.0. The zero-order valence-corrected chi connectivity index (χ0v) is 10.3. The van der Waals surface area contributed by atoms with E-state index in [4.69, 9.17) is 15.3 Å². The Morgan fingerprint density at radius 1 is 1.28 bits per heavy atom. The molecule has 88 valence electrons. The zero-order chi connectivity index (χ0) is 13.2. The Labute approximate surface area is 106 Å². The van der Waals surface area contributed by atoms with E-state index in [-0.39, 0.29) is 11.2 Å². The number of fused-ring (bicyclic) bond motifs is 1. The van der Waals surface area contributed by atoms with E-state index in [1.165, 1.54) is 0 Å². The van der Waals surface area contributed by atoms with Crippen LogP contribution in [0.5, 0.6) is 5.75 Å². The van der Waals surface area contributed by atoms with Gasteiger partial charge in [0.15, 0.2) is 0 Å². The molecular weight excluding hydrogens is 224 g/mol. The van der Waals surface area contributed by atoms with Crippen LogP contribution in [0.25, 0.3) is 12.2 Å². The maximum absolute atomic E-state index is 8.71. The molecule has 1 heterocycles. The topological polar surface area (TPSA) is 56.8 Å². The van der Waals surface area contributed by atoms with Crippen molar-refractivity contribution in [2.75, 3.05) is 0 Å². The molecule has 3 nitrogen and oxygen atoms in total. The highest BCUT2D eigenvalue weighted by Gasteiger charge is 2.21. The lowest BCUT2D eigenvalue weighted by Crippen LogP contribution is -2.27. The van der Waals surface area contributed by atoms with Crippen molar-refractivity contribution in [3.05, 3.63) is 41.0 Å². The molecule has 0 saturated carbocycles. The minimum atomic E-state index is -0.297.